The van der Waals surface area contributed by atoms with Gasteiger partial charge < -0.3 is 9.47 Å². The Morgan fingerprint density at radius 2 is 1.90 bits per heavy atom. The Kier molecular flexibility index (Phi) is 5.56. The fourth-order valence-electron chi connectivity index (χ4n) is 3.03. The number of rotatable bonds is 3. The Labute approximate surface area is 179 Å². The van der Waals surface area contributed by atoms with Crippen LogP contribution < -0.4 is 14.4 Å². The number of carbonyl (C=O) groups excluding carboxylic acids is 1. The lowest BCUT2D eigenvalue weighted by Gasteiger charge is -2.18. The van der Waals surface area contributed by atoms with E-state index in [0.29, 0.717) is 39.7 Å². The van der Waals surface area contributed by atoms with Crippen LogP contribution >= 0.6 is 23.4 Å². The number of hydrogen-bond acceptors (Lipinski definition) is 5. The smallest absolute Gasteiger partial charge is 0.271 e. The Morgan fingerprint density at radius 1 is 1.14 bits per heavy atom. The summed E-state index contributed by atoms with van der Waals surface area (Å²) < 4.78 is 11.2. The van der Waals surface area contributed by atoms with E-state index in [4.69, 9.17) is 21.1 Å². The number of amidine groups is 1. The number of benzene rings is 2. The quantitative estimate of drug-likeness (QED) is 0.622. The molecule has 2 aliphatic heterocycles. The van der Waals surface area contributed by atoms with Crippen molar-refractivity contribution in [1.82, 2.24) is 0 Å². The molecule has 150 valence electrons. The normalized spacial score (nSPS) is 18.9. The summed E-state index contributed by atoms with van der Waals surface area (Å²) in [5.41, 5.74) is 2.55. The van der Waals surface area contributed by atoms with Crippen molar-refractivity contribution in [1.29, 1.82) is 0 Å². The number of amides is 1. The molecule has 1 amide bonds. The van der Waals surface area contributed by atoms with Crippen molar-refractivity contribution in [3.8, 4) is 11.5 Å². The molecule has 2 aliphatic rings. The van der Waals surface area contributed by atoms with E-state index < -0.39 is 0 Å². The van der Waals surface area contributed by atoms with Crippen LogP contribution in [0.15, 0.2) is 46.3 Å². The van der Waals surface area contributed by atoms with Crippen LogP contribution in [0, 0.1) is 6.92 Å². The Morgan fingerprint density at radius 3 is 2.62 bits per heavy atom. The van der Waals surface area contributed by atoms with Crippen LogP contribution in [0.5, 0.6) is 11.5 Å². The van der Waals surface area contributed by atoms with Crippen molar-refractivity contribution in [2.24, 2.45) is 4.99 Å². The molecule has 0 spiro atoms. The predicted octanol–water partition coefficient (Wildman–Crippen LogP) is 5.30. The average molecular weight is 429 g/mol. The molecule has 0 aliphatic carbocycles. The molecule has 2 aromatic rings. The van der Waals surface area contributed by atoms with Gasteiger partial charge in [0, 0.05) is 11.1 Å². The van der Waals surface area contributed by atoms with E-state index in [1.165, 1.54) is 11.8 Å². The van der Waals surface area contributed by atoms with E-state index in [9.17, 15) is 4.79 Å². The van der Waals surface area contributed by atoms with Crippen molar-refractivity contribution in [2.45, 2.75) is 26.8 Å². The minimum absolute atomic E-state index is 0.0577. The molecule has 5 nitrogen and oxygen atoms in total. The van der Waals surface area contributed by atoms with Gasteiger partial charge >= 0.3 is 0 Å². The minimum Gasteiger partial charge on any atom is -0.486 e. The van der Waals surface area contributed by atoms with Crippen LogP contribution in [0.25, 0.3) is 6.08 Å². The first-order valence-corrected chi connectivity index (χ1v) is 10.6. The largest absolute Gasteiger partial charge is 0.486 e. The third kappa shape index (κ3) is 4.14. The second-order valence-electron chi connectivity index (χ2n) is 7.09. The van der Waals surface area contributed by atoms with Crippen LogP contribution in [0.2, 0.25) is 5.02 Å². The minimum atomic E-state index is -0.121. The Bertz CT molecular complexity index is 1030. The fraction of sp³-hybridized carbons (Fsp3) is 0.273. The van der Waals surface area contributed by atoms with E-state index in [2.05, 4.69) is 4.99 Å². The number of thioether (sulfide) groups is 1. The summed E-state index contributed by atoms with van der Waals surface area (Å²) in [6.07, 6.45) is 1.86. The van der Waals surface area contributed by atoms with Gasteiger partial charge in [-0.2, -0.15) is 0 Å². The topological polar surface area (TPSA) is 51.1 Å². The maximum absolute atomic E-state index is 13.2. The molecule has 4 rings (SSSR count). The van der Waals surface area contributed by atoms with Crippen molar-refractivity contribution < 1.29 is 14.3 Å². The van der Waals surface area contributed by atoms with Crippen LogP contribution in [0.4, 0.5) is 5.69 Å². The SMILES string of the molecule is Cc1ccc(N2C(=O)/C(=C/c3ccc4c(c3)OCCO4)SC2=NC(C)C)cc1Cl. The summed E-state index contributed by atoms with van der Waals surface area (Å²) in [6.45, 7) is 6.98. The number of anilines is 1. The molecule has 29 heavy (non-hydrogen) atoms. The second kappa shape index (κ2) is 8.13. The molecule has 1 saturated heterocycles. The van der Waals surface area contributed by atoms with Gasteiger partial charge in [0.25, 0.3) is 5.91 Å². The maximum atomic E-state index is 13.2. The highest BCUT2D eigenvalue weighted by Gasteiger charge is 2.35. The number of halogens is 1. The first kappa shape index (κ1) is 19.9. The van der Waals surface area contributed by atoms with Gasteiger partial charge in [0.1, 0.15) is 13.2 Å². The van der Waals surface area contributed by atoms with Gasteiger partial charge in [0.05, 0.1) is 10.6 Å². The fourth-order valence-corrected chi connectivity index (χ4v) is 4.32. The first-order valence-electron chi connectivity index (χ1n) is 9.40. The third-order valence-corrected chi connectivity index (χ3v) is 5.84. The molecule has 0 atom stereocenters. The van der Waals surface area contributed by atoms with Crippen molar-refractivity contribution in [3.63, 3.8) is 0 Å². The summed E-state index contributed by atoms with van der Waals surface area (Å²) in [5.74, 6) is 1.30. The van der Waals surface area contributed by atoms with Crippen molar-refractivity contribution >= 4 is 46.2 Å². The molecule has 0 radical (unpaired) electrons. The molecule has 0 bridgehead atoms. The van der Waals surface area contributed by atoms with Gasteiger partial charge in [-0.25, -0.2) is 0 Å². The van der Waals surface area contributed by atoms with Crippen LogP contribution in [-0.2, 0) is 4.79 Å². The zero-order valence-electron chi connectivity index (χ0n) is 16.4. The lowest BCUT2D eigenvalue weighted by Crippen LogP contribution is -2.29. The van der Waals surface area contributed by atoms with E-state index in [-0.39, 0.29) is 11.9 Å². The summed E-state index contributed by atoms with van der Waals surface area (Å²) in [4.78, 5) is 20.1. The van der Waals surface area contributed by atoms with Crippen LogP contribution in [-0.4, -0.2) is 30.3 Å². The van der Waals surface area contributed by atoms with Gasteiger partial charge in [-0.1, -0.05) is 23.7 Å². The lowest BCUT2D eigenvalue weighted by molar-refractivity contribution is -0.113. The maximum Gasteiger partial charge on any atom is 0.271 e. The van der Waals surface area contributed by atoms with E-state index in [1.54, 1.807) is 11.0 Å². The van der Waals surface area contributed by atoms with Crippen LogP contribution in [0.3, 0.4) is 0 Å². The number of hydrogen-bond donors (Lipinski definition) is 0. The van der Waals surface area contributed by atoms with Gasteiger partial charge in [-0.3, -0.25) is 14.7 Å². The lowest BCUT2D eigenvalue weighted by atomic mass is 10.1. The van der Waals surface area contributed by atoms with Gasteiger partial charge in [0.15, 0.2) is 16.7 Å². The molecule has 0 unspecified atom stereocenters. The first-order chi connectivity index (χ1) is 13.9. The van der Waals surface area contributed by atoms with Gasteiger partial charge in [-0.15, -0.1) is 0 Å². The van der Waals surface area contributed by atoms with E-state index >= 15 is 0 Å². The summed E-state index contributed by atoms with van der Waals surface area (Å²) in [5, 5.41) is 1.27. The zero-order valence-corrected chi connectivity index (χ0v) is 18.0. The third-order valence-electron chi connectivity index (χ3n) is 4.45. The monoisotopic (exact) mass is 428 g/mol. The van der Waals surface area contributed by atoms with E-state index in [0.717, 1.165) is 16.9 Å². The molecule has 2 aromatic carbocycles. The highest BCUT2D eigenvalue weighted by atomic mass is 35.5. The summed E-state index contributed by atoms with van der Waals surface area (Å²) in [7, 11) is 0. The van der Waals surface area contributed by atoms with Crippen LogP contribution in [0.1, 0.15) is 25.0 Å². The molecular weight excluding hydrogens is 408 g/mol. The van der Waals surface area contributed by atoms with E-state index in [1.807, 2.05) is 57.2 Å². The molecule has 7 heteroatoms. The molecule has 0 N–H and O–H groups in total. The zero-order chi connectivity index (χ0) is 20.5. The number of aliphatic imine (C=N–C) groups is 1. The summed E-state index contributed by atoms with van der Waals surface area (Å²) >= 11 is 7.67. The molecule has 0 aromatic heterocycles. The number of nitrogens with zero attached hydrogens (tertiary/aromatic N) is 2. The molecule has 0 saturated carbocycles. The molecule has 1 fully saturated rings. The predicted molar refractivity (Wildman–Crippen MR) is 119 cm³/mol. The number of carbonyl (C=O) groups is 1. The average Bonchev–Trinajstić information content (AvgIpc) is 2.98. The van der Waals surface area contributed by atoms with Crippen molar-refractivity contribution in [3.05, 3.63) is 57.5 Å². The molecule has 2 heterocycles. The summed E-state index contributed by atoms with van der Waals surface area (Å²) in [6, 6.07) is 11.3. The van der Waals surface area contributed by atoms with Crippen molar-refractivity contribution in [2.75, 3.05) is 18.1 Å². The highest BCUT2D eigenvalue weighted by molar-refractivity contribution is 8.19. The standard InChI is InChI=1S/C22H21ClN2O3S/c1-13(2)24-22-25(16-6-4-14(3)17(23)12-16)21(26)20(29-22)11-15-5-7-18-19(10-15)28-9-8-27-18/h4-7,10-13H,8-9H2,1-3H3/b20-11-,24-22?. The van der Waals surface area contributed by atoms with Gasteiger partial charge in [-0.05, 0) is 74.0 Å². The number of fused-ring (bicyclic) bond motifs is 1. The highest BCUT2D eigenvalue weighted by Crippen LogP contribution is 2.38. The Hall–Kier alpha value is -2.44. The molecular formula is C22H21ClN2O3S. The number of ether oxygens (including phenoxy) is 2. The second-order valence-corrected chi connectivity index (χ2v) is 8.51. The Balaban J connectivity index is 1.71. The van der Waals surface area contributed by atoms with Gasteiger partial charge in [0.2, 0.25) is 0 Å². The number of aryl methyl sites for hydroxylation is 1.